The van der Waals surface area contributed by atoms with Crippen LogP contribution in [0.1, 0.15) is 19.8 Å². The maximum atomic E-state index is 10.5. The van der Waals surface area contributed by atoms with Gasteiger partial charge in [0.1, 0.15) is 0 Å². The molecule has 19 heavy (non-hydrogen) atoms. The molecule has 1 atom stereocenters. The van der Waals surface area contributed by atoms with Gasteiger partial charge in [-0.3, -0.25) is 4.90 Å². The summed E-state index contributed by atoms with van der Waals surface area (Å²) in [5, 5.41) is 10.5. The third-order valence-electron chi connectivity index (χ3n) is 4.17. The summed E-state index contributed by atoms with van der Waals surface area (Å²) in [6.07, 6.45) is 1.75. The van der Waals surface area contributed by atoms with Gasteiger partial charge in [0.25, 0.3) is 0 Å². The van der Waals surface area contributed by atoms with Gasteiger partial charge in [-0.2, -0.15) is 0 Å². The topological polar surface area (TPSA) is 45.2 Å². The highest BCUT2D eigenvalue weighted by Gasteiger charge is 2.32. The van der Waals surface area contributed by atoms with Crippen LogP contribution in [-0.2, 0) is 9.47 Å². The highest BCUT2D eigenvalue weighted by atomic mass is 16.5. The lowest BCUT2D eigenvalue weighted by Crippen LogP contribution is -2.51. The first-order valence-electron chi connectivity index (χ1n) is 7.44. The zero-order valence-electron chi connectivity index (χ0n) is 12.3. The van der Waals surface area contributed by atoms with E-state index in [9.17, 15) is 5.11 Å². The van der Waals surface area contributed by atoms with Crippen LogP contribution >= 0.6 is 0 Å². The van der Waals surface area contributed by atoms with Gasteiger partial charge in [0.05, 0.1) is 18.3 Å². The van der Waals surface area contributed by atoms with Gasteiger partial charge in [-0.15, -0.1) is 0 Å². The van der Waals surface area contributed by atoms with E-state index < -0.39 is 5.60 Å². The third kappa shape index (κ3) is 4.68. The fourth-order valence-electron chi connectivity index (χ4n) is 3.00. The van der Waals surface area contributed by atoms with Gasteiger partial charge in [-0.1, -0.05) is 6.92 Å². The van der Waals surface area contributed by atoms with Crippen LogP contribution in [0.25, 0.3) is 0 Å². The fraction of sp³-hybridized carbons (Fsp3) is 1.00. The molecule has 5 heteroatoms. The summed E-state index contributed by atoms with van der Waals surface area (Å²) in [7, 11) is 2.07. The lowest BCUT2D eigenvalue weighted by atomic mass is 9.94. The zero-order valence-corrected chi connectivity index (χ0v) is 12.3. The highest BCUT2D eigenvalue weighted by Crippen LogP contribution is 2.21. The quantitative estimate of drug-likeness (QED) is 0.773. The van der Waals surface area contributed by atoms with Crippen molar-refractivity contribution in [1.29, 1.82) is 0 Å². The molecule has 2 aliphatic heterocycles. The molecule has 2 heterocycles. The highest BCUT2D eigenvalue weighted by molar-refractivity contribution is 4.85. The molecule has 0 aliphatic carbocycles. The maximum Gasteiger partial charge on any atom is 0.0829 e. The number of likely N-dealkylation sites (N-methyl/N-ethyl adjacent to an activating group) is 2. The molecular formula is C14H28N2O3. The molecule has 2 rings (SSSR count). The smallest absolute Gasteiger partial charge is 0.0829 e. The molecule has 2 saturated heterocycles. The molecule has 0 bridgehead atoms. The minimum absolute atomic E-state index is 0.266. The van der Waals surface area contributed by atoms with Crippen molar-refractivity contribution in [2.45, 2.75) is 31.5 Å². The molecule has 0 amide bonds. The van der Waals surface area contributed by atoms with Crippen molar-refractivity contribution in [3.05, 3.63) is 0 Å². The molecule has 0 spiro atoms. The van der Waals surface area contributed by atoms with E-state index >= 15 is 0 Å². The summed E-state index contributed by atoms with van der Waals surface area (Å²) in [5.74, 6) is 0. The van der Waals surface area contributed by atoms with Crippen molar-refractivity contribution in [2.24, 2.45) is 0 Å². The lowest BCUT2D eigenvalue weighted by molar-refractivity contribution is -0.0883. The Hall–Kier alpha value is -0.200. The van der Waals surface area contributed by atoms with Crippen LogP contribution in [0.4, 0.5) is 0 Å². The van der Waals surface area contributed by atoms with Crippen LogP contribution in [0.15, 0.2) is 0 Å². The predicted octanol–water partition coefficient (Wildman–Crippen LogP) is 0.180. The van der Waals surface area contributed by atoms with Crippen molar-refractivity contribution < 1.29 is 14.6 Å². The van der Waals surface area contributed by atoms with E-state index in [1.54, 1.807) is 0 Å². The molecule has 0 aromatic carbocycles. The first-order chi connectivity index (χ1) is 9.11. The Bertz CT molecular complexity index is 269. The van der Waals surface area contributed by atoms with E-state index in [0.29, 0.717) is 19.8 Å². The van der Waals surface area contributed by atoms with Crippen molar-refractivity contribution >= 4 is 0 Å². The van der Waals surface area contributed by atoms with E-state index in [4.69, 9.17) is 9.47 Å². The third-order valence-corrected chi connectivity index (χ3v) is 4.17. The molecular weight excluding hydrogens is 244 g/mol. The number of aliphatic hydroxyl groups is 1. The largest absolute Gasteiger partial charge is 0.388 e. The van der Waals surface area contributed by atoms with Crippen LogP contribution < -0.4 is 0 Å². The average Bonchev–Trinajstić information content (AvgIpc) is 2.39. The Morgan fingerprint density at radius 2 is 2.05 bits per heavy atom. The molecule has 2 aliphatic rings. The molecule has 0 aromatic rings. The number of nitrogens with zero attached hydrogens (tertiary/aromatic N) is 2. The van der Waals surface area contributed by atoms with Crippen molar-refractivity contribution in [3.8, 4) is 0 Å². The van der Waals surface area contributed by atoms with Gasteiger partial charge in [0.15, 0.2) is 0 Å². The number of ether oxygens (including phenoxy) is 2. The van der Waals surface area contributed by atoms with E-state index in [2.05, 4.69) is 23.8 Å². The summed E-state index contributed by atoms with van der Waals surface area (Å²) in [4.78, 5) is 4.63. The second-order valence-electron chi connectivity index (χ2n) is 5.92. The molecule has 0 aromatic heterocycles. The predicted molar refractivity (Wildman–Crippen MR) is 74.4 cm³/mol. The first-order valence-corrected chi connectivity index (χ1v) is 7.44. The lowest BCUT2D eigenvalue weighted by Gasteiger charge is -2.38. The van der Waals surface area contributed by atoms with Gasteiger partial charge < -0.3 is 19.5 Å². The van der Waals surface area contributed by atoms with Crippen LogP contribution in [0.2, 0.25) is 0 Å². The molecule has 1 unspecified atom stereocenters. The Morgan fingerprint density at radius 3 is 2.74 bits per heavy atom. The Balaban J connectivity index is 1.75. The second-order valence-corrected chi connectivity index (χ2v) is 5.92. The summed E-state index contributed by atoms with van der Waals surface area (Å²) in [5.41, 5.74) is -0.577. The number of morpholine rings is 1. The Morgan fingerprint density at radius 1 is 1.32 bits per heavy atom. The molecule has 0 saturated carbocycles. The van der Waals surface area contributed by atoms with Gasteiger partial charge >= 0.3 is 0 Å². The van der Waals surface area contributed by atoms with Gasteiger partial charge in [0, 0.05) is 52.2 Å². The van der Waals surface area contributed by atoms with E-state index in [1.807, 2.05) is 0 Å². The Labute approximate surface area is 116 Å². The van der Waals surface area contributed by atoms with E-state index in [1.165, 1.54) is 0 Å². The monoisotopic (exact) mass is 272 g/mol. The summed E-state index contributed by atoms with van der Waals surface area (Å²) in [6, 6.07) is 0. The fourth-order valence-corrected chi connectivity index (χ4v) is 3.00. The van der Waals surface area contributed by atoms with Crippen LogP contribution in [0, 0.1) is 0 Å². The molecule has 2 fully saturated rings. The number of hydrogen-bond donors (Lipinski definition) is 1. The standard InChI is InChI=1S/C14H28N2O3/c1-3-16-6-9-19-13(11-16)10-15(2)12-14(17)4-7-18-8-5-14/h13,17H,3-12H2,1-2H3. The van der Waals surface area contributed by atoms with Crippen LogP contribution in [-0.4, -0.2) is 86.2 Å². The van der Waals surface area contributed by atoms with Crippen LogP contribution in [0.3, 0.4) is 0 Å². The summed E-state index contributed by atoms with van der Waals surface area (Å²) >= 11 is 0. The second kappa shape index (κ2) is 6.99. The zero-order chi connectivity index (χ0) is 13.7. The van der Waals surface area contributed by atoms with E-state index in [0.717, 1.165) is 45.6 Å². The SMILES string of the molecule is CCN1CCOC(CN(C)CC2(O)CCOCC2)C1. The van der Waals surface area contributed by atoms with Crippen molar-refractivity contribution in [2.75, 3.05) is 59.6 Å². The van der Waals surface area contributed by atoms with Gasteiger partial charge in [-0.05, 0) is 13.6 Å². The molecule has 1 N–H and O–H groups in total. The maximum absolute atomic E-state index is 10.5. The summed E-state index contributed by atoms with van der Waals surface area (Å²) < 4.78 is 11.1. The minimum Gasteiger partial charge on any atom is -0.388 e. The molecule has 5 nitrogen and oxygen atoms in total. The molecule has 0 radical (unpaired) electrons. The van der Waals surface area contributed by atoms with Crippen molar-refractivity contribution in [3.63, 3.8) is 0 Å². The number of hydrogen-bond acceptors (Lipinski definition) is 5. The number of rotatable bonds is 5. The normalized spacial score (nSPS) is 28.7. The van der Waals surface area contributed by atoms with Crippen molar-refractivity contribution in [1.82, 2.24) is 9.80 Å². The van der Waals surface area contributed by atoms with Gasteiger partial charge in [-0.25, -0.2) is 0 Å². The van der Waals surface area contributed by atoms with E-state index in [-0.39, 0.29) is 6.10 Å². The minimum atomic E-state index is -0.577. The Kier molecular flexibility index (Phi) is 5.59. The average molecular weight is 272 g/mol. The molecule has 112 valence electrons. The summed E-state index contributed by atoms with van der Waals surface area (Å²) in [6.45, 7) is 9.09. The van der Waals surface area contributed by atoms with Gasteiger partial charge in [0.2, 0.25) is 0 Å². The van der Waals surface area contributed by atoms with Crippen LogP contribution in [0.5, 0.6) is 0 Å². The first kappa shape index (κ1) is 15.2.